The minimum atomic E-state index is 0.0729. The predicted octanol–water partition coefficient (Wildman–Crippen LogP) is 3.31. The topological polar surface area (TPSA) is 38.3 Å². The van der Waals surface area contributed by atoms with E-state index >= 15 is 0 Å². The van der Waals surface area contributed by atoms with Gasteiger partial charge in [0.1, 0.15) is 0 Å². The van der Waals surface area contributed by atoms with Crippen molar-refractivity contribution < 1.29 is 9.53 Å². The van der Waals surface area contributed by atoms with Gasteiger partial charge in [-0.25, -0.2) is 0 Å². The van der Waals surface area contributed by atoms with E-state index in [9.17, 15) is 4.79 Å². The summed E-state index contributed by atoms with van der Waals surface area (Å²) in [5.41, 5.74) is 0.874. The maximum Gasteiger partial charge on any atom is 0.224 e. The van der Waals surface area contributed by atoms with Gasteiger partial charge in [-0.3, -0.25) is 4.79 Å². The first-order valence-electron chi connectivity index (χ1n) is 6.33. The van der Waals surface area contributed by atoms with Crippen molar-refractivity contribution in [1.29, 1.82) is 0 Å². The molecule has 1 atom stereocenters. The van der Waals surface area contributed by atoms with Crippen LogP contribution in [-0.4, -0.2) is 24.9 Å². The summed E-state index contributed by atoms with van der Waals surface area (Å²) in [6.45, 7) is 0.849. The molecule has 1 fully saturated rings. The van der Waals surface area contributed by atoms with Crippen molar-refractivity contribution in [3.05, 3.63) is 24.3 Å². The first-order valence-corrected chi connectivity index (χ1v) is 7.56. The van der Waals surface area contributed by atoms with Crippen LogP contribution in [-0.2, 0) is 9.53 Å². The molecule has 1 N–H and O–H groups in total. The number of carbonyl (C=O) groups excluding carboxylic acids is 1. The van der Waals surface area contributed by atoms with Gasteiger partial charge >= 0.3 is 0 Å². The van der Waals surface area contributed by atoms with Crippen LogP contribution in [0.15, 0.2) is 29.2 Å². The van der Waals surface area contributed by atoms with Crippen molar-refractivity contribution in [3.8, 4) is 0 Å². The summed E-state index contributed by atoms with van der Waals surface area (Å²) >= 11 is 1.67. The molecule has 0 unspecified atom stereocenters. The number of amides is 1. The molecular formula is C14H19NO2S. The molecule has 1 aliphatic rings. The summed E-state index contributed by atoms with van der Waals surface area (Å²) in [6, 6.07) is 7.91. The maximum absolute atomic E-state index is 11.8. The fourth-order valence-corrected chi connectivity index (χ4v) is 2.55. The van der Waals surface area contributed by atoms with Gasteiger partial charge in [-0.2, -0.15) is 0 Å². The summed E-state index contributed by atoms with van der Waals surface area (Å²) in [4.78, 5) is 13.0. The summed E-state index contributed by atoms with van der Waals surface area (Å²) < 4.78 is 5.51. The van der Waals surface area contributed by atoms with Crippen LogP contribution in [0.3, 0.4) is 0 Å². The van der Waals surface area contributed by atoms with Crippen LogP contribution >= 0.6 is 11.8 Å². The van der Waals surface area contributed by atoms with Gasteiger partial charge < -0.3 is 10.1 Å². The Morgan fingerprint density at radius 3 is 3.17 bits per heavy atom. The molecule has 1 aliphatic heterocycles. The van der Waals surface area contributed by atoms with Crippen LogP contribution in [0.2, 0.25) is 0 Å². The molecule has 4 heteroatoms. The minimum Gasteiger partial charge on any atom is -0.378 e. The van der Waals surface area contributed by atoms with Crippen LogP contribution in [0.4, 0.5) is 5.69 Å². The molecule has 0 aliphatic carbocycles. The van der Waals surface area contributed by atoms with Crippen molar-refractivity contribution in [2.75, 3.05) is 18.2 Å². The molecule has 0 radical (unpaired) electrons. The standard InChI is InChI=1S/C14H19NO2S/c1-18-13-6-2-4-11(10-13)15-14(16)8-7-12-5-3-9-17-12/h2,4,6,10,12H,3,5,7-9H2,1H3,(H,15,16)/t12-/m0/s1. The fourth-order valence-electron chi connectivity index (χ4n) is 2.09. The molecule has 0 bridgehead atoms. The molecule has 0 aromatic heterocycles. The number of benzene rings is 1. The van der Waals surface area contributed by atoms with E-state index in [4.69, 9.17) is 4.74 Å². The Morgan fingerprint density at radius 2 is 2.44 bits per heavy atom. The molecule has 2 rings (SSSR count). The third kappa shape index (κ3) is 4.03. The van der Waals surface area contributed by atoms with E-state index in [-0.39, 0.29) is 12.0 Å². The van der Waals surface area contributed by atoms with Crippen molar-refractivity contribution in [2.45, 2.75) is 36.7 Å². The van der Waals surface area contributed by atoms with E-state index in [0.29, 0.717) is 6.42 Å². The van der Waals surface area contributed by atoms with Gasteiger partial charge in [-0.1, -0.05) is 6.07 Å². The van der Waals surface area contributed by atoms with E-state index in [2.05, 4.69) is 5.32 Å². The Morgan fingerprint density at radius 1 is 1.56 bits per heavy atom. The molecule has 0 spiro atoms. The predicted molar refractivity (Wildman–Crippen MR) is 75.1 cm³/mol. The molecule has 1 amide bonds. The van der Waals surface area contributed by atoms with Crippen molar-refractivity contribution in [1.82, 2.24) is 0 Å². The molecule has 98 valence electrons. The lowest BCUT2D eigenvalue weighted by atomic mass is 10.1. The number of ether oxygens (including phenoxy) is 1. The van der Waals surface area contributed by atoms with Crippen molar-refractivity contribution >= 4 is 23.4 Å². The lowest BCUT2D eigenvalue weighted by Crippen LogP contribution is -2.15. The number of thioether (sulfide) groups is 1. The molecule has 0 saturated carbocycles. The highest BCUT2D eigenvalue weighted by molar-refractivity contribution is 7.98. The van der Waals surface area contributed by atoms with Gasteiger partial charge in [-0.05, 0) is 43.7 Å². The van der Waals surface area contributed by atoms with E-state index < -0.39 is 0 Å². The van der Waals surface area contributed by atoms with Crippen LogP contribution in [0, 0.1) is 0 Å². The third-order valence-corrected chi connectivity index (χ3v) is 3.80. The summed E-state index contributed by atoms with van der Waals surface area (Å²) in [5, 5.41) is 2.93. The first-order chi connectivity index (χ1) is 8.78. The van der Waals surface area contributed by atoms with Crippen molar-refractivity contribution in [3.63, 3.8) is 0 Å². The smallest absolute Gasteiger partial charge is 0.224 e. The Bertz CT molecular complexity index is 403. The number of carbonyl (C=O) groups is 1. The Hall–Kier alpha value is -1.00. The number of rotatable bonds is 5. The van der Waals surface area contributed by atoms with E-state index in [1.54, 1.807) is 11.8 Å². The van der Waals surface area contributed by atoms with Crippen LogP contribution in [0.5, 0.6) is 0 Å². The summed E-state index contributed by atoms with van der Waals surface area (Å²) in [5.74, 6) is 0.0729. The number of anilines is 1. The zero-order chi connectivity index (χ0) is 12.8. The SMILES string of the molecule is CSc1cccc(NC(=O)CC[C@@H]2CCCO2)c1. The minimum absolute atomic E-state index is 0.0729. The third-order valence-electron chi connectivity index (χ3n) is 3.07. The highest BCUT2D eigenvalue weighted by Gasteiger charge is 2.16. The Balaban J connectivity index is 1.78. The lowest BCUT2D eigenvalue weighted by Gasteiger charge is -2.09. The van der Waals surface area contributed by atoms with Crippen LogP contribution in [0.1, 0.15) is 25.7 Å². The largest absolute Gasteiger partial charge is 0.378 e. The molecule has 1 aromatic carbocycles. The second-order valence-corrected chi connectivity index (χ2v) is 5.33. The number of nitrogens with one attached hydrogen (secondary N) is 1. The number of hydrogen-bond acceptors (Lipinski definition) is 3. The second kappa shape index (κ2) is 6.81. The van der Waals surface area contributed by atoms with E-state index in [0.717, 1.165) is 36.5 Å². The van der Waals surface area contributed by atoms with Crippen molar-refractivity contribution in [2.24, 2.45) is 0 Å². The second-order valence-electron chi connectivity index (χ2n) is 4.45. The van der Waals surface area contributed by atoms with Gasteiger partial charge in [0.2, 0.25) is 5.91 Å². The molecule has 1 aromatic rings. The first kappa shape index (κ1) is 13.4. The molecule has 1 saturated heterocycles. The van der Waals surface area contributed by atoms with E-state index in [1.165, 1.54) is 0 Å². The number of hydrogen-bond donors (Lipinski definition) is 1. The Kier molecular flexibility index (Phi) is 5.08. The van der Waals surface area contributed by atoms with Gasteiger partial charge in [0, 0.05) is 23.6 Å². The zero-order valence-electron chi connectivity index (χ0n) is 10.6. The quantitative estimate of drug-likeness (QED) is 0.830. The van der Waals surface area contributed by atoms with Gasteiger partial charge in [-0.15, -0.1) is 11.8 Å². The molecule has 1 heterocycles. The molecule has 18 heavy (non-hydrogen) atoms. The Labute approximate surface area is 112 Å². The average Bonchev–Trinajstić information content (AvgIpc) is 2.90. The molecular weight excluding hydrogens is 246 g/mol. The molecule has 3 nitrogen and oxygen atoms in total. The zero-order valence-corrected chi connectivity index (χ0v) is 11.5. The monoisotopic (exact) mass is 265 g/mol. The summed E-state index contributed by atoms with van der Waals surface area (Å²) in [7, 11) is 0. The van der Waals surface area contributed by atoms with Gasteiger partial charge in [0.15, 0.2) is 0 Å². The summed E-state index contributed by atoms with van der Waals surface area (Å²) in [6.07, 6.45) is 5.89. The maximum atomic E-state index is 11.8. The van der Waals surface area contributed by atoms with Crippen LogP contribution < -0.4 is 5.32 Å². The van der Waals surface area contributed by atoms with Gasteiger partial charge in [0.05, 0.1) is 6.10 Å². The average molecular weight is 265 g/mol. The fraction of sp³-hybridized carbons (Fsp3) is 0.500. The van der Waals surface area contributed by atoms with Crippen LogP contribution in [0.25, 0.3) is 0 Å². The normalized spacial score (nSPS) is 18.8. The van der Waals surface area contributed by atoms with E-state index in [1.807, 2.05) is 30.5 Å². The highest BCUT2D eigenvalue weighted by Crippen LogP contribution is 2.20. The highest BCUT2D eigenvalue weighted by atomic mass is 32.2. The lowest BCUT2D eigenvalue weighted by molar-refractivity contribution is -0.116. The van der Waals surface area contributed by atoms with Gasteiger partial charge in [0.25, 0.3) is 0 Å².